The second-order valence-corrected chi connectivity index (χ2v) is 12.0. The maximum absolute atomic E-state index is 12.4. The number of aromatic nitrogens is 2. The van der Waals surface area contributed by atoms with Crippen molar-refractivity contribution in [3.8, 4) is 0 Å². The summed E-state index contributed by atoms with van der Waals surface area (Å²) >= 11 is 0. The van der Waals surface area contributed by atoms with Crippen LogP contribution in [-0.4, -0.2) is 103 Å². The number of aryl methyl sites for hydroxylation is 1. The van der Waals surface area contributed by atoms with Crippen molar-refractivity contribution in [2.75, 3.05) is 20.7 Å². The molecule has 3 rings (SSSR count). The molecule has 1 aromatic heterocycles. The summed E-state index contributed by atoms with van der Waals surface area (Å²) < 4.78 is 50.1. The van der Waals surface area contributed by atoms with E-state index in [9.17, 15) is 43.8 Å². The van der Waals surface area contributed by atoms with Crippen LogP contribution in [0, 0.1) is 6.92 Å². The number of nitrogens with one attached hydrogen (secondary N) is 1. The fourth-order valence-electron chi connectivity index (χ4n) is 4.02. The van der Waals surface area contributed by atoms with Gasteiger partial charge in [0.2, 0.25) is 0 Å². The normalized spacial score (nSPS) is 35.8. The topological polar surface area (TPSA) is 240 Å². The Kier molecular flexibility index (Phi) is 9.35. The van der Waals surface area contributed by atoms with Crippen molar-refractivity contribution in [1.29, 1.82) is 0 Å². The lowest BCUT2D eigenvalue weighted by atomic mass is 9.96. The van der Waals surface area contributed by atoms with E-state index >= 15 is 0 Å². The highest BCUT2D eigenvalue weighted by Crippen LogP contribution is 2.61. The number of H-pyrrole nitrogens is 1. The van der Waals surface area contributed by atoms with Gasteiger partial charge < -0.3 is 39.5 Å². The second-order valence-electron chi connectivity index (χ2n) is 8.98. The molecule has 17 nitrogen and oxygen atoms in total. The van der Waals surface area contributed by atoms with Crippen LogP contribution in [0.4, 0.5) is 0 Å². The summed E-state index contributed by atoms with van der Waals surface area (Å²) in [5.74, 6) is 0. The Hall–Kier alpha value is -1.30. The highest BCUT2D eigenvalue weighted by molar-refractivity contribution is 7.61. The van der Waals surface area contributed by atoms with Gasteiger partial charge in [0.1, 0.15) is 18.4 Å². The van der Waals surface area contributed by atoms with Gasteiger partial charge in [0.05, 0.1) is 31.0 Å². The van der Waals surface area contributed by atoms with Gasteiger partial charge in [-0.3, -0.25) is 23.4 Å². The smallest absolute Gasteiger partial charge is 0.390 e. The van der Waals surface area contributed by atoms with E-state index < -0.39 is 82.6 Å². The number of nitrogens with zero attached hydrogens (tertiary/aromatic N) is 2. The number of phosphoric acid groups is 2. The van der Waals surface area contributed by atoms with E-state index in [1.807, 2.05) is 0 Å². The monoisotopic (exact) mass is 575 g/mol. The fourth-order valence-corrected chi connectivity index (χ4v) is 6.18. The highest BCUT2D eigenvalue weighted by Gasteiger charge is 2.49. The standard InChI is InChI=1S/C18H31N3O14P2/c1-8-6-21(18(26)19-16(8)25)12-5-10(22)11(33-12)7-31-36(27,28)35-37(29,30)34-17-15(24)13(20(3)4)14(23)9(2)32-17/h6,9-15,17,22-24H,5,7H2,1-4H3,(H,27,28)(H,29,30)(H,19,25,26)/t9?,10-,11-,12-,13+,14-,15?,17-/m1/s1. The molecule has 19 heteroatoms. The average molecular weight is 575 g/mol. The van der Waals surface area contributed by atoms with Crippen LogP contribution in [0.1, 0.15) is 25.1 Å². The molecule has 0 amide bonds. The Balaban J connectivity index is 1.60. The maximum Gasteiger partial charge on any atom is 0.483 e. The molecule has 1 aromatic rings. The van der Waals surface area contributed by atoms with Gasteiger partial charge in [-0.05, 0) is 27.9 Å². The summed E-state index contributed by atoms with van der Waals surface area (Å²) in [4.78, 5) is 47.0. The van der Waals surface area contributed by atoms with Crippen LogP contribution in [0.3, 0.4) is 0 Å². The average Bonchev–Trinajstić information content (AvgIpc) is 3.12. The molecule has 0 spiro atoms. The van der Waals surface area contributed by atoms with Gasteiger partial charge in [0, 0.05) is 18.2 Å². The third-order valence-electron chi connectivity index (χ3n) is 5.91. The quantitative estimate of drug-likeness (QED) is 0.177. The van der Waals surface area contributed by atoms with Crippen molar-refractivity contribution in [2.45, 2.75) is 69.3 Å². The number of phosphoric ester groups is 2. The molecule has 4 unspecified atom stereocenters. The van der Waals surface area contributed by atoms with Crippen LogP contribution in [0.15, 0.2) is 15.8 Å². The zero-order valence-electron chi connectivity index (χ0n) is 20.3. The molecule has 212 valence electrons. The minimum atomic E-state index is -5.38. The maximum atomic E-state index is 12.4. The lowest BCUT2D eigenvalue weighted by Gasteiger charge is -2.44. The van der Waals surface area contributed by atoms with Gasteiger partial charge >= 0.3 is 21.3 Å². The van der Waals surface area contributed by atoms with Crippen LogP contribution in [0.5, 0.6) is 0 Å². The molecule has 2 aliphatic heterocycles. The first-order valence-corrected chi connectivity index (χ1v) is 14.0. The Morgan fingerprint density at radius 2 is 1.78 bits per heavy atom. The number of aliphatic hydroxyl groups excluding tert-OH is 3. The summed E-state index contributed by atoms with van der Waals surface area (Å²) in [6.45, 7) is 2.09. The summed E-state index contributed by atoms with van der Waals surface area (Å²) in [6.07, 6.45) is -8.02. The van der Waals surface area contributed by atoms with Crippen LogP contribution in [0.2, 0.25) is 0 Å². The van der Waals surface area contributed by atoms with E-state index in [1.54, 1.807) is 0 Å². The van der Waals surface area contributed by atoms with Crippen LogP contribution < -0.4 is 11.2 Å². The van der Waals surface area contributed by atoms with Gasteiger partial charge in [-0.1, -0.05) is 0 Å². The van der Waals surface area contributed by atoms with E-state index in [1.165, 1.54) is 39.0 Å². The summed E-state index contributed by atoms with van der Waals surface area (Å²) in [6, 6.07) is -0.960. The van der Waals surface area contributed by atoms with Crippen molar-refractivity contribution in [3.05, 3.63) is 32.6 Å². The first-order chi connectivity index (χ1) is 17.0. The third kappa shape index (κ3) is 7.22. The molecular weight excluding hydrogens is 544 g/mol. The minimum Gasteiger partial charge on any atom is -0.390 e. The molecule has 0 bridgehead atoms. The number of likely N-dealkylation sites (N-methyl/N-ethyl adjacent to an activating group) is 1. The number of hydrogen-bond acceptors (Lipinski definition) is 13. The lowest BCUT2D eigenvalue weighted by Crippen LogP contribution is -2.62. The number of rotatable bonds is 9. The van der Waals surface area contributed by atoms with Gasteiger partial charge in [-0.15, -0.1) is 0 Å². The Morgan fingerprint density at radius 3 is 2.41 bits per heavy atom. The van der Waals surface area contributed by atoms with Gasteiger partial charge in [-0.25, -0.2) is 13.9 Å². The van der Waals surface area contributed by atoms with Gasteiger partial charge in [0.25, 0.3) is 5.56 Å². The SMILES string of the molecule is Cc1cn([C@H]2C[C@@H](O)[C@@H](COP(=O)(O)OP(=O)(O)O[C@H]3OC(C)[C@@H](O)[C@H](N(C)C)C3O)O2)c(=O)[nH]c1=O. The molecule has 0 aromatic carbocycles. The number of ether oxygens (including phenoxy) is 2. The van der Waals surface area contributed by atoms with Crippen LogP contribution in [-0.2, 0) is 32.0 Å². The van der Waals surface area contributed by atoms with E-state index in [0.717, 1.165) is 4.57 Å². The predicted molar refractivity (Wildman–Crippen MR) is 122 cm³/mol. The second kappa shape index (κ2) is 11.4. The molecule has 0 aliphatic carbocycles. The largest absolute Gasteiger partial charge is 0.483 e. The van der Waals surface area contributed by atoms with Crippen LogP contribution in [0.25, 0.3) is 0 Å². The predicted octanol–water partition coefficient (Wildman–Crippen LogP) is -1.86. The highest BCUT2D eigenvalue weighted by atomic mass is 31.3. The molecule has 0 saturated carbocycles. The molecule has 0 radical (unpaired) electrons. The Bertz CT molecular complexity index is 1170. The van der Waals surface area contributed by atoms with E-state index in [-0.39, 0.29) is 12.0 Å². The first kappa shape index (κ1) is 30.2. The third-order valence-corrected chi connectivity index (χ3v) is 8.51. The summed E-state index contributed by atoms with van der Waals surface area (Å²) in [5.41, 5.74) is -1.19. The Morgan fingerprint density at radius 1 is 1.14 bits per heavy atom. The Labute approximate surface area is 210 Å². The van der Waals surface area contributed by atoms with E-state index in [2.05, 4.69) is 13.8 Å². The molecule has 3 heterocycles. The van der Waals surface area contributed by atoms with Crippen LogP contribution >= 0.6 is 15.6 Å². The van der Waals surface area contributed by atoms with Crippen molar-refractivity contribution in [1.82, 2.24) is 14.5 Å². The molecule has 2 fully saturated rings. The molecule has 37 heavy (non-hydrogen) atoms. The van der Waals surface area contributed by atoms with E-state index in [0.29, 0.717) is 0 Å². The zero-order valence-corrected chi connectivity index (χ0v) is 22.1. The van der Waals surface area contributed by atoms with Crippen molar-refractivity contribution < 1.29 is 57.1 Å². The van der Waals surface area contributed by atoms with E-state index in [4.69, 9.17) is 14.0 Å². The van der Waals surface area contributed by atoms with Crippen molar-refractivity contribution in [3.63, 3.8) is 0 Å². The van der Waals surface area contributed by atoms with Gasteiger partial charge in [0.15, 0.2) is 6.29 Å². The first-order valence-electron chi connectivity index (χ1n) is 11.0. The summed E-state index contributed by atoms with van der Waals surface area (Å²) in [5, 5.41) is 30.8. The van der Waals surface area contributed by atoms with Crippen molar-refractivity contribution in [2.24, 2.45) is 0 Å². The summed E-state index contributed by atoms with van der Waals surface area (Å²) in [7, 11) is -7.61. The zero-order chi connectivity index (χ0) is 27.9. The molecule has 10 atom stereocenters. The van der Waals surface area contributed by atoms with Gasteiger partial charge in [-0.2, -0.15) is 4.31 Å². The number of aromatic amines is 1. The number of hydrogen-bond donors (Lipinski definition) is 6. The fraction of sp³-hybridized carbons (Fsp3) is 0.778. The molecule has 2 aliphatic rings. The minimum absolute atomic E-state index is 0.133. The molecule has 6 N–H and O–H groups in total. The lowest BCUT2D eigenvalue weighted by molar-refractivity contribution is -0.256. The molecular formula is C18H31N3O14P2. The molecule has 2 saturated heterocycles. The number of aliphatic hydroxyl groups is 3. The van der Waals surface area contributed by atoms with Crippen molar-refractivity contribution >= 4 is 15.6 Å².